The molecule has 0 unspecified atom stereocenters. The molecule has 0 amide bonds. The summed E-state index contributed by atoms with van der Waals surface area (Å²) in [5.74, 6) is -0.639. The van der Waals surface area contributed by atoms with Crippen molar-refractivity contribution in [3.8, 4) is 0 Å². The van der Waals surface area contributed by atoms with Crippen LogP contribution in [0.2, 0.25) is 0 Å². The molecule has 0 bridgehead atoms. The summed E-state index contributed by atoms with van der Waals surface area (Å²) < 4.78 is 9.48. The Morgan fingerprint density at radius 2 is 2.21 bits per heavy atom. The molecule has 0 atom stereocenters. The smallest absolute Gasteiger partial charge is 0.373 e. The molecule has 1 aromatic rings. The van der Waals surface area contributed by atoms with Gasteiger partial charge < -0.3 is 9.15 Å². The van der Waals surface area contributed by atoms with Crippen molar-refractivity contribution in [1.82, 2.24) is 0 Å². The highest BCUT2D eigenvalue weighted by Crippen LogP contribution is 2.16. The van der Waals surface area contributed by atoms with Crippen LogP contribution in [0, 0.1) is 6.92 Å². The second-order valence-corrected chi connectivity index (χ2v) is 2.90. The van der Waals surface area contributed by atoms with E-state index in [-0.39, 0.29) is 17.4 Å². The molecule has 0 saturated heterocycles. The Hall–Kier alpha value is -1.29. The molecule has 0 fully saturated rings. The Labute approximate surface area is 85.8 Å². The molecule has 0 saturated carbocycles. The molecule has 0 aromatic carbocycles. The number of hydrogen-bond acceptors (Lipinski definition) is 4. The molecule has 1 heterocycles. The minimum atomic E-state index is -0.610. The maximum absolute atomic E-state index is 11.2. The first-order valence-corrected chi connectivity index (χ1v) is 4.41. The lowest BCUT2D eigenvalue weighted by Gasteiger charge is -1.90. The summed E-state index contributed by atoms with van der Waals surface area (Å²) in [4.78, 5) is 22.2. The molecule has 0 aliphatic rings. The van der Waals surface area contributed by atoms with Crippen molar-refractivity contribution in [2.75, 3.05) is 13.0 Å². The minimum Gasteiger partial charge on any atom is -0.463 e. The van der Waals surface area contributed by atoms with Gasteiger partial charge in [-0.3, -0.25) is 4.79 Å². The number of halogens is 1. The zero-order valence-corrected chi connectivity index (χ0v) is 8.55. The van der Waals surface area contributed by atoms with E-state index in [2.05, 4.69) is 4.74 Å². The van der Waals surface area contributed by atoms with Crippen molar-refractivity contribution in [1.29, 1.82) is 0 Å². The van der Waals surface area contributed by atoms with E-state index in [1.54, 1.807) is 6.92 Å². The Morgan fingerprint density at radius 1 is 1.57 bits per heavy atom. The zero-order chi connectivity index (χ0) is 10.7. The third-order valence-electron chi connectivity index (χ3n) is 1.73. The number of ketones is 1. The standard InChI is InChI=1S/C9H9ClO4/c1-5-6(7(11)4-10)3-8(14-5)9(12)13-2/h3H,4H2,1-2H3. The van der Waals surface area contributed by atoms with E-state index in [1.165, 1.54) is 13.2 Å². The number of carbonyl (C=O) groups is 2. The first-order chi connectivity index (χ1) is 6.60. The second-order valence-electron chi connectivity index (χ2n) is 2.63. The van der Waals surface area contributed by atoms with Gasteiger partial charge in [0, 0.05) is 6.07 Å². The molecular weight excluding hydrogens is 208 g/mol. The molecule has 5 heteroatoms. The monoisotopic (exact) mass is 216 g/mol. The van der Waals surface area contributed by atoms with E-state index in [4.69, 9.17) is 16.0 Å². The van der Waals surface area contributed by atoms with E-state index >= 15 is 0 Å². The highest BCUT2D eigenvalue weighted by molar-refractivity contribution is 6.30. The Morgan fingerprint density at radius 3 is 2.71 bits per heavy atom. The third-order valence-corrected chi connectivity index (χ3v) is 1.97. The molecule has 0 aliphatic carbocycles. The lowest BCUT2D eigenvalue weighted by molar-refractivity contribution is 0.0563. The molecule has 0 radical (unpaired) electrons. The molecule has 1 aromatic heterocycles. The summed E-state index contributed by atoms with van der Waals surface area (Å²) in [6.07, 6.45) is 0. The molecular formula is C9H9ClO4. The highest BCUT2D eigenvalue weighted by atomic mass is 35.5. The fourth-order valence-corrected chi connectivity index (χ4v) is 1.18. The summed E-state index contributed by atoms with van der Waals surface area (Å²) >= 11 is 5.37. The topological polar surface area (TPSA) is 56.5 Å². The van der Waals surface area contributed by atoms with Gasteiger partial charge in [0.2, 0.25) is 5.76 Å². The minimum absolute atomic E-state index is 0.0125. The SMILES string of the molecule is COC(=O)c1cc(C(=O)CCl)c(C)o1. The van der Waals surface area contributed by atoms with Crippen molar-refractivity contribution in [2.24, 2.45) is 0 Å². The van der Waals surface area contributed by atoms with Crippen molar-refractivity contribution < 1.29 is 18.7 Å². The highest BCUT2D eigenvalue weighted by Gasteiger charge is 2.18. The van der Waals surface area contributed by atoms with Crippen LogP contribution in [0.4, 0.5) is 0 Å². The van der Waals surface area contributed by atoms with Crippen LogP contribution in [-0.2, 0) is 4.74 Å². The first kappa shape index (κ1) is 10.8. The van der Waals surface area contributed by atoms with Crippen LogP contribution in [0.1, 0.15) is 26.7 Å². The molecule has 0 N–H and O–H groups in total. The number of aryl methyl sites for hydroxylation is 1. The van der Waals surface area contributed by atoms with Crippen LogP contribution in [-0.4, -0.2) is 24.7 Å². The van der Waals surface area contributed by atoms with Crippen molar-refractivity contribution in [3.63, 3.8) is 0 Å². The Bertz CT molecular complexity index is 367. The maximum atomic E-state index is 11.2. The largest absolute Gasteiger partial charge is 0.463 e. The predicted octanol–water partition coefficient (Wildman–Crippen LogP) is 1.80. The van der Waals surface area contributed by atoms with Crippen LogP contribution < -0.4 is 0 Å². The average Bonchev–Trinajstić information content (AvgIpc) is 2.58. The molecule has 76 valence electrons. The fourth-order valence-electron chi connectivity index (χ4n) is 1.03. The number of Topliss-reactive ketones (excluding diaryl/α,β-unsaturated/α-hetero) is 1. The Kier molecular flexibility index (Phi) is 3.30. The number of carbonyl (C=O) groups excluding carboxylic acids is 2. The number of methoxy groups -OCH3 is 1. The summed E-state index contributed by atoms with van der Waals surface area (Å²) in [7, 11) is 1.24. The number of ether oxygens (including phenoxy) is 1. The summed E-state index contributed by atoms with van der Waals surface area (Å²) in [5.41, 5.74) is 0.320. The Balaban J connectivity index is 3.05. The van der Waals surface area contributed by atoms with Gasteiger partial charge in [0.05, 0.1) is 18.6 Å². The van der Waals surface area contributed by atoms with Gasteiger partial charge in [-0.15, -0.1) is 11.6 Å². The fraction of sp³-hybridized carbons (Fsp3) is 0.333. The van der Waals surface area contributed by atoms with Crippen molar-refractivity contribution >= 4 is 23.4 Å². The third kappa shape index (κ3) is 1.96. The van der Waals surface area contributed by atoms with Gasteiger partial charge in [0.1, 0.15) is 5.76 Å². The molecule has 1 rings (SSSR count). The molecule has 0 aliphatic heterocycles. The zero-order valence-electron chi connectivity index (χ0n) is 7.80. The lowest BCUT2D eigenvalue weighted by atomic mass is 10.2. The van der Waals surface area contributed by atoms with Gasteiger partial charge in [0.25, 0.3) is 0 Å². The van der Waals surface area contributed by atoms with Gasteiger partial charge in [-0.05, 0) is 6.92 Å². The van der Waals surface area contributed by atoms with E-state index in [0.29, 0.717) is 11.3 Å². The normalized spacial score (nSPS) is 9.93. The molecule has 14 heavy (non-hydrogen) atoms. The van der Waals surface area contributed by atoms with Gasteiger partial charge in [-0.2, -0.15) is 0 Å². The van der Waals surface area contributed by atoms with E-state index in [1.807, 2.05) is 0 Å². The first-order valence-electron chi connectivity index (χ1n) is 3.88. The number of furan rings is 1. The molecule has 4 nitrogen and oxygen atoms in total. The lowest BCUT2D eigenvalue weighted by Crippen LogP contribution is -2.01. The number of esters is 1. The van der Waals surface area contributed by atoms with Gasteiger partial charge in [-0.1, -0.05) is 0 Å². The quantitative estimate of drug-likeness (QED) is 0.439. The van der Waals surface area contributed by atoms with Gasteiger partial charge in [0.15, 0.2) is 5.78 Å². The van der Waals surface area contributed by atoms with Crippen molar-refractivity contribution in [3.05, 3.63) is 23.2 Å². The summed E-state index contributed by atoms with van der Waals surface area (Å²) in [6, 6.07) is 1.34. The van der Waals surface area contributed by atoms with Crippen LogP contribution in [0.15, 0.2) is 10.5 Å². The van der Waals surface area contributed by atoms with E-state index in [9.17, 15) is 9.59 Å². The number of alkyl halides is 1. The second kappa shape index (κ2) is 4.28. The molecule has 0 spiro atoms. The maximum Gasteiger partial charge on any atom is 0.373 e. The summed E-state index contributed by atoms with van der Waals surface area (Å²) in [5, 5.41) is 0. The number of hydrogen-bond donors (Lipinski definition) is 0. The van der Waals surface area contributed by atoms with Crippen LogP contribution >= 0.6 is 11.6 Å². The van der Waals surface area contributed by atoms with Crippen LogP contribution in [0.25, 0.3) is 0 Å². The van der Waals surface area contributed by atoms with E-state index < -0.39 is 5.97 Å². The van der Waals surface area contributed by atoms with Gasteiger partial charge in [-0.25, -0.2) is 4.79 Å². The van der Waals surface area contributed by atoms with E-state index in [0.717, 1.165) is 0 Å². The summed E-state index contributed by atoms with van der Waals surface area (Å²) in [6.45, 7) is 1.59. The van der Waals surface area contributed by atoms with Crippen molar-refractivity contribution in [2.45, 2.75) is 6.92 Å². The average molecular weight is 217 g/mol. The number of rotatable bonds is 3. The van der Waals surface area contributed by atoms with Gasteiger partial charge >= 0.3 is 5.97 Å². The predicted molar refractivity (Wildman–Crippen MR) is 49.8 cm³/mol. The van der Waals surface area contributed by atoms with Crippen LogP contribution in [0.5, 0.6) is 0 Å². The van der Waals surface area contributed by atoms with Crippen LogP contribution in [0.3, 0.4) is 0 Å².